The minimum atomic E-state index is -0.765. The predicted molar refractivity (Wildman–Crippen MR) is 60.9 cm³/mol. The molecular formula is C12H21NO3. The van der Waals surface area contributed by atoms with E-state index in [1.807, 2.05) is 0 Å². The molecule has 1 heterocycles. The molecule has 4 nitrogen and oxygen atoms in total. The van der Waals surface area contributed by atoms with Crippen molar-refractivity contribution in [3.63, 3.8) is 0 Å². The summed E-state index contributed by atoms with van der Waals surface area (Å²) in [7, 11) is 0. The Bertz CT molecular complexity index is 269. The normalized spacial score (nSPS) is 18.4. The Morgan fingerprint density at radius 2 is 1.88 bits per heavy atom. The lowest BCUT2D eigenvalue weighted by molar-refractivity contribution is -0.150. The van der Waals surface area contributed by atoms with E-state index in [0.29, 0.717) is 25.4 Å². The molecule has 0 bridgehead atoms. The standard InChI is InChI=1S/C12H21NO3/c1-8(2)4-5-11(14)13-6-10(7-13)9(3)12(15)16/h8-10H,4-7H2,1-3H3,(H,15,16). The predicted octanol–water partition coefficient (Wildman–Crippen LogP) is 1.60. The summed E-state index contributed by atoms with van der Waals surface area (Å²) in [4.78, 5) is 24.1. The third-order valence-corrected chi connectivity index (χ3v) is 3.29. The van der Waals surface area contributed by atoms with Gasteiger partial charge < -0.3 is 10.0 Å². The maximum Gasteiger partial charge on any atom is 0.306 e. The van der Waals surface area contributed by atoms with E-state index in [1.54, 1.807) is 11.8 Å². The molecule has 1 N–H and O–H groups in total. The van der Waals surface area contributed by atoms with Crippen molar-refractivity contribution in [3.8, 4) is 0 Å². The zero-order valence-electron chi connectivity index (χ0n) is 10.3. The van der Waals surface area contributed by atoms with Crippen molar-refractivity contribution >= 4 is 11.9 Å². The molecule has 1 atom stereocenters. The number of likely N-dealkylation sites (tertiary alicyclic amines) is 1. The van der Waals surface area contributed by atoms with Gasteiger partial charge in [-0.15, -0.1) is 0 Å². The molecule has 1 aliphatic rings. The number of aliphatic carboxylic acids is 1. The molecule has 1 unspecified atom stereocenters. The van der Waals surface area contributed by atoms with Crippen LogP contribution >= 0.6 is 0 Å². The number of carbonyl (C=O) groups excluding carboxylic acids is 1. The summed E-state index contributed by atoms with van der Waals surface area (Å²) >= 11 is 0. The van der Waals surface area contributed by atoms with Gasteiger partial charge in [0, 0.05) is 25.4 Å². The van der Waals surface area contributed by atoms with Crippen LogP contribution in [0.15, 0.2) is 0 Å². The van der Waals surface area contributed by atoms with Crippen LogP contribution in [0, 0.1) is 17.8 Å². The largest absolute Gasteiger partial charge is 0.481 e. The number of rotatable bonds is 5. The minimum absolute atomic E-state index is 0.139. The van der Waals surface area contributed by atoms with Gasteiger partial charge in [0.25, 0.3) is 0 Å². The second-order valence-corrected chi connectivity index (χ2v) is 5.12. The Labute approximate surface area is 96.6 Å². The Morgan fingerprint density at radius 3 is 2.31 bits per heavy atom. The highest BCUT2D eigenvalue weighted by Crippen LogP contribution is 2.25. The zero-order chi connectivity index (χ0) is 12.3. The van der Waals surface area contributed by atoms with Crippen molar-refractivity contribution < 1.29 is 14.7 Å². The number of hydrogen-bond acceptors (Lipinski definition) is 2. The van der Waals surface area contributed by atoms with Crippen molar-refractivity contribution in [2.75, 3.05) is 13.1 Å². The van der Waals surface area contributed by atoms with E-state index in [1.165, 1.54) is 0 Å². The number of carboxylic acids is 1. The van der Waals surface area contributed by atoms with Gasteiger partial charge in [0.1, 0.15) is 0 Å². The van der Waals surface area contributed by atoms with Crippen LogP contribution < -0.4 is 0 Å². The maximum atomic E-state index is 11.6. The molecule has 0 spiro atoms. The summed E-state index contributed by atoms with van der Waals surface area (Å²) in [6.45, 7) is 7.13. The van der Waals surface area contributed by atoms with E-state index >= 15 is 0 Å². The first-order valence-corrected chi connectivity index (χ1v) is 5.92. The average Bonchev–Trinajstić information content (AvgIpc) is 2.11. The van der Waals surface area contributed by atoms with Gasteiger partial charge in [-0.2, -0.15) is 0 Å². The van der Waals surface area contributed by atoms with Crippen molar-refractivity contribution in [1.82, 2.24) is 4.90 Å². The summed E-state index contributed by atoms with van der Waals surface area (Å²) < 4.78 is 0. The monoisotopic (exact) mass is 227 g/mol. The maximum absolute atomic E-state index is 11.6. The summed E-state index contributed by atoms with van der Waals surface area (Å²) in [5.41, 5.74) is 0. The van der Waals surface area contributed by atoms with Crippen LogP contribution in [0.4, 0.5) is 0 Å². The molecule has 0 saturated carbocycles. The lowest BCUT2D eigenvalue weighted by Gasteiger charge is -2.41. The molecule has 1 saturated heterocycles. The number of hydrogen-bond donors (Lipinski definition) is 1. The summed E-state index contributed by atoms with van der Waals surface area (Å²) in [5.74, 6) is -0.254. The van der Waals surface area contributed by atoms with Crippen LogP contribution in [0.25, 0.3) is 0 Å². The topological polar surface area (TPSA) is 57.6 Å². The van der Waals surface area contributed by atoms with Gasteiger partial charge in [-0.3, -0.25) is 9.59 Å². The molecule has 1 rings (SSSR count). The van der Waals surface area contributed by atoms with Gasteiger partial charge in [-0.1, -0.05) is 20.8 Å². The van der Waals surface area contributed by atoms with Gasteiger partial charge in [0.05, 0.1) is 5.92 Å². The molecular weight excluding hydrogens is 206 g/mol. The summed E-state index contributed by atoms with van der Waals surface area (Å²) in [5, 5.41) is 8.81. The smallest absolute Gasteiger partial charge is 0.306 e. The van der Waals surface area contributed by atoms with E-state index in [-0.39, 0.29) is 17.7 Å². The van der Waals surface area contributed by atoms with Gasteiger partial charge in [-0.05, 0) is 12.3 Å². The van der Waals surface area contributed by atoms with Crippen LogP contribution in [0.5, 0.6) is 0 Å². The van der Waals surface area contributed by atoms with Gasteiger partial charge in [0.2, 0.25) is 5.91 Å². The van der Waals surface area contributed by atoms with Crippen LogP contribution in [-0.2, 0) is 9.59 Å². The highest BCUT2D eigenvalue weighted by molar-refractivity contribution is 5.77. The number of carboxylic acid groups (broad SMARTS) is 1. The molecule has 1 amide bonds. The molecule has 0 aliphatic carbocycles. The minimum Gasteiger partial charge on any atom is -0.481 e. The van der Waals surface area contributed by atoms with E-state index in [9.17, 15) is 9.59 Å². The van der Waals surface area contributed by atoms with E-state index < -0.39 is 5.97 Å². The first-order valence-electron chi connectivity index (χ1n) is 5.92. The molecule has 1 aliphatic heterocycles. The molecule has 1 fully saturated rings. The van der Waals surface area contributed by atoms with Gasteiger partial charge in [0.15, 0.2) is 0 Å². The van der Waals surface area contributed by atoms with E-state index in [0.717, 1.165) is 6.42 Å². The molecule has 0 aromatic rings. The second kappa shape index (κ2) is 5.32. The number of carbonyl (C=O) groups is 2. The summed E-state index contributed by atoms with van der Waals surface area (Å²) in [6.07, 6.45) is 1.50. The Hall–Kier alpha value is -1.06. The zero-order valence-corrected chi connectivity index (χ0v) is 10.3. The van der Waals surface area contributed by atoms with Crippen molar-refractivity contribution in [3.05, 3.63) is 0 Å². The van der Waals surface area contributed by atoms with E-state index in [2.05, 4.69) is 13.8 Å². The van der Waals surface area contributed by atoms with Crippen LogP contribution in [0.1, 0.15) is 33.6 Å². The van der Waals surface area contributed by atoms with Crippen molar-refractivity contribution in [1.29, 1.82) is 0 Å². The average molecular weight is 227 g/mol. The SMILES string of the molecule is CC(C)CCC(=O)N1CC(C(C)C(=O)O)C1. The second-order valence-electron chi connectivity index (χ2n) is 5.12. The molecule has 0 aromatic heterocycles. The van der Waals surface area contributed by atoms with Gasteiger partial charge >= 0.3 is 5.97 Å². The van der Waals surface area contributed by atoms with Crippen LogP contribution in [-0.4, -0.2) is 35.0 Å². The fourth-order valence-electron chi connectivity index (χ4n) is 1.80. The van der Waals surface area contributed by atoms with Crippen molar-refractivity contribution in [2.24, 2.45) is 17.8 Å². The quantitative estimate of drug-likeness (QED) is 0.776. The lowest BCUT2D eigenvalue weighted by atomic mass is 9.86. The number of nitrogens with zero attached hydrogens (tertiary/aromatic N) is 1. The van der Waals surface area contributed by atoms with Crippen molar-refractivity contribution in [2.45, 2.75) is 33.6 Å². The molecule has 0 aromatic carbocycles. The first-order chi connectivity index (χ1) is 7.41. The highest BCUT2D eigenvalue weighted by atomic mass is 16.4. The molecule has 16 heavy (non-hydrogen) atoms. The van der Waals surface area contributed by atoms with Gasteiger partial charge in [-0.25, -0.2) is 0 Å². The third-order valence-electron chi connectivity index (χ3n) is 3.29. The van der Waals surface area contributed by atoms with Crippen LogP contribution in [0.3, 0.4) is 0 Å². The highest BCUT2D eigenvalue weighted by Gasteiger charge is 2.36. The molecule has 4 heteroatoms. The molecule has 0 radical (unpaired) electrons. The van der Waals surface area contributed by atoms with Crippen LogP contribution in [0.2, 0.25) is 0 Å². The Kier molecular flexibility index (Phi) is 4.33. The van der Waals surface area contributed by atoms with E-state index in [4.69, 9.17) is 5.11 Å². The fraction of sp³-hybridized carbons (Fsp3) is 0.833. The molecule has 92 valence electrons. The first kappa shape index (κ1) is 13.0. The summed E-state index contributed by atoms with van der Waals surface area (Å²) in [6, 6.07) is 0. The Balaban J connectivity index is 2.25. The lowest BCUT2D eigenvalue weighted by Crippen LogP contribution is -2.53. The number of amides is 1. The Morgan fingerprint density at radius 1 is 1.31 bits per heavy atom. The third kappa shape index (κ3) is 3.22. The fourth-order valence-corrected chi connectivity index (χ4v) is 1.80.